The normalized spacial score (nSPS) is 11.8. The van der Waals surface area contributed by atoms with Gasteiger partial charge in [0, 0.05) is 17.8 Å². The van der Waals surface area contributed by atoms with Gasteiger partial charge in [0.2, 0.25) is 0 Å². The predicted molar refractivity (Wildman–Crippen MR) is 74.5 cm³/mol. The first-order chi connectivity index (χ1) is 9.44. The Balaban J connectivity index is 2.19. The highest BCUT2D eigenvalue weighted by molar-refractivity contribution is 7.89. The van der Waals surface area contributed by atoms with E-state index in [1.165, 1.54) is 0 Å². The van der Waals surface area contributed by atoms with Gasteiger partial charge in [0.15, 0.2) is 5.03 Å². The Hall–Kier alpha value is -1.70. The molecule has 1 aromatic heterocycles. The van der Waals surface area contributed by atoms with Gasteiger partial charge >= 0.3 is 0 Å². The summed E-state index contributed by atoms with van der Waals surface area (Å²) >= 11 is 0. The number of aryl methyl sites for hydroxylation is 2. The van der Waals surface area contributed by atoms with E-state index in [0.29, 0.717) is 11.3 Å². The second-order valence-corrected chi connectivity index (χ2v) is 6.29. The molecule has 0 aliphatic rings. The quantitative estimate of drug-likeness (QED) is 0.767. The Bertz CT molecular complexity index is 707. The minimum absolute atomic E-state index is 0.148. The van der Waals surface area contributed by atoms with Crippen LogP contribution in [0.1, 0.15) is 22.4 Å². The van der Waals surface area contributed by atoms with E-state index in [1.54, 1.807) is 6.92 Å². The van der Waals surface area contributed by atoms with Crippen LogP contribution in [0.3, 0.4) is 0 Å². The lowest BCUT2D eigenvalue weighted by atomic mass is 10.1. The van der Waals surface area contributed by atoms with Crippen molar-refractivity contribution in [2.75, 3.05) is 0 Å². The highest BCUT2D eigenvalue weighted by Crippen LogP contribution is 2.16. The summed E-state index contributed by atoms with van der Waals surface area (Å²) < 4.78 is 26.8. The van der Waals surface area contributed by atoms with E-state index in [4.69, 9.17) is 0 Å². The van der Waals surface area contributed by atoms with Gasteiger partial charge in [-0.2, -0.15) is 5.10 Å². The fraction of sp³-hybridized carbons (Fsp3) is 0.308. The number of aliphatic hydroxyl groups excluding tert-OH is 1. The highest BCUT2D eigenvalue weighted by Gasteiger charge is 2.22. The van der Waals surface area contributed by atoms with E-state index in [0.717, 1.165) is 11.1 Å². The molecule has 0 spiro atoms. The summed E-state index contributed by atoms with van der Waals surface area (Å²) in [5.41, 5.74) is 2.77. The molecule has 0 unspecified atom stereocenters. The molecule has 0 atom stereocenters. The van der Waals surface area contributed by atoms with Crippen molar-refractivity contribution in [2.24, 2.45) is 0 Å². The zero-order valence-electron chi connectivity index (χ0n) is 11.3. The predicted octanol–water partition coefficient (Wildman–Crippen LogP) is 0.997. The van der Waals surface area contributed by atoms with E-state index in [-0.39, 0.29) is 18.2 Å². The largest absolute Gasteiger partial charge is 0.392 e. The molecule has 6 nitrogen and oxygen atoms in total. The standard InChI is InChI=1S/C13H17N3O3S/c1-9-4-3-5-11(6-9)7-14-20(18,19)13-12(8-17)10(2)15-16-13/h3-6,14,17H,7-8H2,1-2H3,(H,15,16). The molecule has 3 N–H and O–H groups in total. The Morgan fingerprint density at radius 1 is 1.35 bits per heavy atom. The zero-order chi connectivity index (χ0) is 14.8. The average molecular weight is 295 g/mol. The monoisotopic (exact) mass is 295 g/mol. The third-order valence-electron chi connectivity index (χ3n) is 3.00. The van der Waals surface area contributed by atoms with Crippen molar-refractivity contribution in [3.05, 3.63) is 46.6 Å². The van der Waals surface area contributed by atoms with Gasteiger partial charge in [-0.15, -0.1) is 0 Å². The van der Waals surface area contributed by atoms with Gasteiger partial charge in [-0.25, -0.2) is 13.1 Å². The van der Waals surface area contributed by atoms with Crippen molar-refractivity contribution in [1.82, 2.24) is 14.9 Å². The molecule has 0 aliphatic carbocycles. The molecule has 1 aromatic carbocycles. The van der Waals surface area contributed by atoms with E-state index in [1.807, 2.05) is 31.2 Å². The van der Waals surface area contributed by atoms with Crippen LogP contribution in [0.5, 0.6) is 0 Å². The van der Waals surface area contributed by atoms with Crippen molar-refractivity contribution in [1.29, 1.82) is 0 Å². The molecule has 0 radical (unpaired) electrons. The SMILES string of the molecule is Cc1cccc(CNS(=O)(=O)c2n[nH]c(C)c2CO)c1. The Labute approximate surface area is 117 Å². The zero-order valence-corrected chi connectivity index (χ0v) is 12.2. The van der Waals surface area contributed by atoms with Crippen LogP contribution in [0.25, 0.3) is 0 Å². The summed E-state index contributed by atoms with van der Waals surface area (Å²) in [5.74, 6) is 0. The molecule has 0 bridgehead atoms. The number of sulfonamides is 1. The van der Waals surface area contributed by atoms with Crippen molar-refractivity contribution in [2.45, 2.75) is 32.0 Å². The summed E-state index contributed by atoms with van der Waals surface area (Å²) in [6.45, 7) is 3.42. The molecule has 2 aromatic rings. The van der Waals surface area contributed by atoms with Crippen LogP contribution in [0.4, 0.5) is 0 Å². The van der Waals surface area contributed by atoms with Crippen LogP contribution >= 0.6 is 0 Å². The fourth-order valence-electron chi connectivity index (χ4n) is 1.91. The maximum Gasteiger partial charge on any atom is 0.260 e. The number of aromatic nitrogens is 2. The van der Waals surface area contributed by atoms with Gasteiger partial charge in [-0.3, -0.25) is 5.10 Å². The smallest absolute Gasteiger partial charge is 0.260 e. The summed E-state index contributed by atoms with van der Waals surface area (Å²) in [7, 11) is -3.75. The summed E-state index contributed by atoms with van der Waals surface area (Å²) in [5, 5.41) is 15.4. The first kappa shape index (κ1) is 14.7. The van der Waals surface area contributed by atoms with Crippen molar-refractivity contribution in [3.63, 3.8) is 0 Å². The number of hydrogen-bond donors (Lipinski definition) is 3. The van der Waals surface area contributed by atoms with Gasteiger partial charge in [0.05, 0.1) is 6.61 Å². The lowest BCUT2D eigenvalue weighted by Gasteiger charge is -2.06. The number of rotatable bonds is 5. The van der Waals surface area contributed by atoms with Crippen LogP contribution in [0, 0.1) is 13.8 Å². The van der Waals surface area contributed by atoms with Crippen LogP contribution < -0.4 is 4.72 Å². The van der Waals surface area contributed by atoms with Gasteiger partial charge in [-0.1, -0.05) is 29.8 Å². The second kappa shape index (κ2) is 5.74. The van der Waals surface area contributed by atoms with Gasteiger partial charge in [-0.05, 0) is 19.4 Å². The molecule has 0 amide bonds. The average Bonchev–Trinajstić information content (AvgIpc) is 2.78. The number of H-pyrrole nitrogens is 1. The topological polar surface area (TPSA) is 95.1 Å². The number of hydrogen-bond acceptors (Lipinski definition) is 4. The number of nitrogens with zero attached hydrogens (tertiary/aromatic N) is 1. The van der Waals surface area contributed by atoms with Gasteiger partial charge < -0.3 is 5.11 Å². The summed E-state index contributed by atoms with van der Waals surface area (Å²) in [4.78, 5) is 0. The lowest BCUT2D eigenvalue weighted by molar-refractivity contribution is 0.277. The number of nitrogens with one attached hydrogen (secondary N) is 2. The second-order valence-electron chi connectivity index (χ2n) is 4.60. The third-order valence-corrected chi connectivity index (χ3v) is 4.37. The molecular weight excluding hydrogens is 278 g/mol. The maximum atomic E-state index is 12.2. The summed E-state index contributed by atoms with van der Waals surface area (Å²) in [6, 6.07) is 7.57. The molecule has 20 heavy (non-hydrogen) atoms. The molecule has 1 heterocycles. The van der Waals surface area contributed by atoms with Crippen LogP contribution in [-0.4, -0.2) is 23.7 Å². The van der Waals surface area contributed by atoms with E-state index >= 15 is 0 Å². The number of aromatic amines is 1. The Morgan fingerprint density at radius 2 is 2.10 bits per heavy atom. The van der Waals surface area contributed by atoms with Crippen molar-refractivity contribution < 1.29 is 13.5 Å². The van der Waals surface area contributed by atoms with E-state index < -0.39 is 10.0 Å². The highest BCUT2D eigenvalue weighted by atomic mass is 32.2. The fourth-order valence-corrected chi connectivity index (χ4v) is 3.11. The van der Waals surface area contributed by atoms with Gasteiger partial charge in [0.1, 0.15) is 0 Å². The molecule has 2 rings (SSSR count). The van der Waals surface area contributed by atoms with Crippen molar-refractivity contribution in [3.8, 4) is 0 Å². The number of benzene rings is 1. The molecule has 0 aliphatic heterocycles. The molecule has 0 saturated carbocycles. The van der Waals surface area contributed by atoms with Crippen LogP contribution in [0.2, 0.25) is 0 Å². The molecule has 7 heteroatoms. The Kier molecular flexibility index (Phi) is 4.22. The molecular formula is C13H17N3O3S. The summed E-state index contributed by atoms with van der Waals surface area (Å²) in [6.07, 6.45) is 0. The molecule has 0 fully saturated rings. The first-order valence-corrected chi connectivity index (χ1v) is 7.62. The van der Waals surface area contributed by atoms with E-state index in [2.05, 4.69) is 14.9 Å². The lowest BCUT2D eigenvalue weighted by Crippen LogP contribution is -2.24. The molecule has 0 saturated heterocycles. The number of aliphatic hydroxyl groups is 1. The Morgan fingerprint density at radius 3 is 2.75 bits per heavy atom. The van der Waals surface area contributed by atoms with Crippen LogP contribution in [-0.2, 0) is 23.2 Å². The first-order valence-electron chi connectivity index (χ1n) is 6.14. The minimum atomic E-state index is -3.75. The maximum absolute atomic E-state index is 12.2. The molecule has 108 valence electrons. The minimum Gasteiger partial charge on any atom is -0.392 e. The van der Waals surface area contributed by atoms with Gasteiger partial charge in [0.25, 0.3) is 10.0 Å². The third kappa shape index (κ3) is 3.06. The van der Waals surface area contributed by atoms with Crippen LogP contribution in [0.15, 0.2) is 29.3 Å². The van der Waals surface area contributed by atoms with E-state index in [9.17, 15) is 13.5 Å². The van der Waals surface area contributed by atoms with Crippen molar-refractivity contribution >= 4 is 10.0 Å².